The zero-order chi connectivity index (χ0) is 43.1. The molecule has 2 aromatic carbocycles. The zero-order valence-electron chi connectivity index (χ0n) is 34.7. The van der Waals surface area contributed by atoms with Gasteiger partial charge in [-0.3, -0.25) is 19.2 Å². The lowest BCUT2D eigenvalue weighted by atomic mass is 9.91. The maximum atomic E-state index is 13.8. The van der Waals surface area contributed by atoms with E-state index in [2.05, 4.69) is 40.0 Å². The number of nitrogens with zero attached hydrogens (tertiary/aromatic N) is 8. The van der Waals surface area contributed by atoms with E-state index in [1.165, 1.54) is 14.2 Å². The lowest BCUT2D eigenvalue weighted by Gasteiger charge is -2.29. The first kappa shape index (κ1) is 43.0. The van der Waals surface area contributed by atoms with E-state index in [0.717, 1.165) is 33.6 Å². The van der Waals surface area contributed by atoms with E-state index in [0.29, 0.717) is 24.5 Å². The minimum atomic E-state index is -0.579. The summed E-state index contributed by atoms with van der Waals surface area (Å²) >= 11 is 0. The largest absolute Gasteiger partial charge is 0.469 e. The summed E-state index contributed by atoms with van der Waals surface area (Å²) in [6.45, 7) is 8.13. The summed E-state index contributed by atoms with van der Waals surface area (Å²) in [6.07, 6.45) is 4.29. The molecule has 2 aliphatic rings. The Hall–Kier alpha value is -6.64. The van der Waals surface area contributed by atoms with Gasteiger partial charge in [0, 0.05) is 12.8 Å². The Kier molecular flexibility index (Phi) is 13.6. The van der Waals surface area contributed by atoms with Crippen LogP contribution in [0.2, 0.25) is 0 Å². The molecule has 2 saturated heterocycles. The summed E-state index contributed by atoms with van der Waals surface area (Å²) in [5.74, 6) is -1.46. The van der Waals surface area contributed by atoms with Crippen LogP contribution >= 0.6 is 0 Å². The van der Waals surface area contributed by atoms with Crippen molar-refractivity contribution in [2.45, 2.75) is 77.5 Å². The first-order chi connectivity index (χ1) is 28.8. The molecule has 2 aliphatic heterocycles. The Bertz CT molecular complexity index is 2110. The van der Waals surface area contributed by atoms with Crippen LogP contribution in [0.1, 0.15) is 77.1 Å². The van der Waals surface area contributed by atoms with Crippen molar-refractivity contribution < 1.29 is 28.7 Å². The molecule has 18 nitrogen and oxygen atoms in total. The molecule has 314 valence electrons. The molecular formula is C42H52N12O6+2. The Morgan fingerprint density at radius 1 is 0.667 bits per heavy atom. The van der Waals surface area contributed by atoms with Crippen LogP contribution in [0, 0.1) is 34.7 Å². The van der Waals surface area contributed by atoms with Gasteiger partial charge >= 0.3 is 11.9 Å². The fourth-order valence-corrected chi connectivity index (χ4v) is 8.12. The fourth-order valence-electron chi connectivity index (χ4n) is 8.12. The number of hydrogen-bond donors (Lipinski definition) is 4. The van der Waals surface area contributed by atoms with Crippen LogP contribution in [-0.2, 0) is 28.7 Å². The summed E-state index contributed by atoms with van der Waals surface area (Å²) < 4.78 is 9.73. The van der Waals surface area contributed by atoms with Crippen LogP contribution in [0.25, 0.3) is 33.6 Å². The number of likely N-dealkylation sites (tertiary alicyclic amines) is 2. The van der Waals surface area contributed by atoms with Crippen molar-refractivity contribution in [2.75, 3.05) is 27.3 Å². The molecule has 6 atom stereocenters. The second-order valence-corrected chi connectivity index (χ2v) is 16.0. The normalized spacial score (nSPS) is 19.7. The number of H-pyrrole nitrogens is 2. The first-order valence-electron chi connectivity index (χ1n) is 20.0. The van der Waals surface area contributed by atoms with E-state index in [1.807, 2.05) is 76.2 Å². The number of amides is 2. The minimum Gasteiger partial charge on any atom is -0.469 e. The number of hydrogen-bond acceptors (Lipinski definition) is 12. The van der Waals surface area contributed by atoms with E-state index >= 15 is 0 Å². The molecule has 60 heavy (non-hydrogen) atoms. The number of nitrogens with one attached hydrogen (secondary N) is 4. The van der Waals surface area contributed by atoms with Crippen LogP contribution in [0.3, 0.4) is 0 Å². The molecule has 0 unspecified atom stereocenters. The molecule has 0 bridgehead atoms. The Balaban J connectivity index is 1.16. The zero-order valence-corrected chi connectivity index (χ0v) is 34.7. The average Bonchev–Trinajstić information content (AvgIpc) is 4.08. The number of rotatable bonds is 15. The number of ether oxygens (including phenoxy) is 2. The molecule has 2 fully saturated rings. The van der Waals surface area contributed by atoms with Gasteiger partial charge in [0.2, 0.25) is 21.6 Å². The monoisotopic (exact) mass is 820 g/mol. The van der Waals surface area contributed by atoms with Crippen LogP contribution in [0.5, 0.6) is 0 Å². The van der Waals surface area contributed by atoms with E-state index in [-0.39, 0.29) is 61.7 Å². The lowest BCUT2D eigenvalue weighted by molar-refractivity contribution is -0.148. The highest BCUT2D eigenvalue weighted by atomic mass is 16.5. The average molecular weight is 821 g/mol. The number of aromatic nitrogens is 4. The highest BCUT2D eigenvalue weighted by Gasteiger charge is 2.44. The molecule has 4 aromatic rings. The van der Waals surface area contributed by atoms with Crippen LogP contribution in [0.4, 0.5) is 0 Å². The molecule has 4 heterocycles. The van der Waals surface area contributed by atoms with E-state index < -0.39 is 35.9 Å². The summed E-state index contributed by atoms with van der Waals surface area (Å²) in [4.78, 5) is 78.0. The van der Waals surface area contributed by atoms with Crippen molar-refractivity contribution in [1.29, 1.82) is 11.1 Å². The van der Waals surface area contributed by atoms with Crippen molar-refractivity contribution >= 4 is 23.8 Å². The predicted molar refractivity (Wildman–Crippen MR) is 217 cm³/mol. The first-order valence-corrected chi connectivity index (χ1v) is 20.0. The van der Waals surface area contributed by atoms with Crippen molar-refractivity contribution in [3.63, 3.8) is 0 Å². The van der Waals surface area contributed by atoms with E-state index in [9.17, 15) is 19.2 Å². The molecule has 18 heteroatoms. The molecule has 0 saturated carbocycles. The van der Waals surface area contributed by atoms with Crippen LogP contribution in [-0.4, -0.2) is 92.9 Å². The third kappa shape index (κ3) is 9.46. The molecule has 4 N–H and O–H groups in total. The van der Waals surface area contributed by atoms with Crippen molar-refractivity contribution in [3.8, 4) is 33.6 Å². The Morgan fingerprint density at radius 2 is 1.02 bits per heavy atom. The molecular weight excluding hydrogens is 769 g/mol. The Morgan fingerprint density at radius 3 is 1.33 bits per heavy atom. The number of carbonyl (C=O) groups is 4. The van der Waals surface area contributed by atoms with Gasteiger partial charge in [0.05, 0.1) is 87.9 Å². The summed E-state index contributed by atoms with van der Waals surface area (Å²) in [6, 6.07) is 14.5. The van der Waals surface area contributed by atoms with E-state index in [1.54, 1.807) is 22.2 Å². The van der Waals surface area contributed by atoms with Crippen molar-refractivity contribution in [2.24, 2.45) is 33.9 Å². The molecule has 0 aliphatic carbocycles. The molecule has 2 amide bonds. The Labute approximate surface area is 347 Å². The summed E-state index contributed by atoms with van der Waals surface area (Å²) in [5, 5.41) is 8.03. The summed E-state index contributed by atoms with van der Waals surface area (Å²) in [5.41, 5.74) is 19.9. The molecule has 0 spiro atoms. The van der Waals surface area contributed by atoms with Gasteiger partial charge in [-0.25, -0.2) is 9.97 Å². The third-order valence-electron chi connectivity index (χ3n) is 11.6. The quantitative estimate of drug-likeness (QED) is 0.0610. The molecule has 0 radical (unpaired) electrons. The number of methoxy groups -OCH3 is 2. The van der Waals surface area contributed by atoms with Crippen molar-refractivity contribution in [3.05, 3.63) is 72.6 Å². The standard InChI is InChI=1S/C42H51N12O6/c1-23(2)31(17-37(55)59-5)41(57)53-21-29(49-51-43)15-35(53)39-45-19-33(47-39)27-11-7-25(8-12-27)26-9-13-28(14-10-26)34-20-46-40(48-34)36-16-30(50-52-44)22-54(36)42(58)32(24(3)4)18-38(56)60-6/h7-14,19-20,23-24,29-32,35-36,43H,15-18,21-22H2,1-6H3,(H2,44,50)/q+1/p+1/t29-,30-,31-,32-,35-,36-/m0/s1. The van der Waals surface area contributed by atoms with E-state index in [4.69, 9.17) is 20.5 Å². The second kappa shape index (κ2) is 19.0. The third-order valence-corrected chi connectivity index (χ3v) is 11.6. The minimum absolute atomic E-state index is 0.0318. The topological polar surface area (TPSA) is 251 Å². The highest BCUT2D eigenvalue weighted by molar-refractivity contribution is 5.85. The molecule has 2 aromatic heterocycles. The van der Waals surface area contributed by atoms with Crippen LogP contribution in [0.15, 0.2) is 71.2 Å². The number of imidazole rings is 2. The smallest absolute Gasteiger partial charge is 0.306 e. The van der Waals surface area contributed by atoms with Gasteiger partial charge in [-0.05, 0) is 34.1 Å². The maximum Gasteiger partial charge on any atom is 0.306 e. The molecule has 6 rings (SSSR count). The number of benzene rings is 2. The SMILES string of the molecule is COC(=O)C[C@H](C(=O)N1C[C@@H](N=[N+]=N)C[C@H]1c1ncc(-c2ccc(-c3ccc(-c4cnc([C@@H]5C[C@H](N=[N+]=N)CN5C(=O)[C@@H](CC(=O)OC)C(C)C)[nH]4)cc3)cc2)[nH]1)C(C)C. The lowest BCUT2D eigenvalue weighted by Crippen LogP contribution is -2.39. The second-order valence-electron chi connectivity index (χ2n) is 16.0. The number of aromatic amines is 2. The fraction of sp³-hybridized carbons (Fsp3) is 0.476. The highest BCUT2D eigenvalue weighted by Crippen LogP contribution is 2.38. The summed E-state index contributed by atoms with van der Waals surface area (Å²) in [7, 11) is 2.62. The van der Waals surface area contributed by atoms with Crippen LogP contribution < -0.4 is 9.82 Å². The van der Waals surface area contributed by atoms with Crippen molar-refractivity contribution in [1.82, 2.24) is 39.6 Å². The van der Waals surface area contributed by atoms with Gasteiger partial charge in [-0.15, -0.1) is 0 Å². The van der Waals surface area contributed by atoms with Gasteiger partial charge in [0.1, 0.15) is 32.9 Å². The van der Waals surface area contributed by atoms with Gasteiger partial charge in [-0.2, -0.15) is 0 Å². The van der Waals surface area contributed by atoms with Gasteiger partial charge < -0.3 is 29.2 Å². The van der Waals surface area contributed by atoms with Gasteiger partial charge in [0.25, 0.3) is 0 Å². The van der Waals surface area contributed by atoms with Gasteiger partial charge in [-0.1, -0.05) is 76.2 Å². The maximum absolute atomic E-state index is 13.8. The number of esters is 2. The number of carbonyl (C=O) groups excluding carboxylic acids is 4. The van der Waals surface area contributed by atoms with Gasteiger partial charge in [0.15, 0.2) is 12.1 Å². The predicted octanol–water partition coefficient (Wildman–Crippen LogP) is 6.19.